The number of carbonyl (C=O) groups is 2. The number of esters is 2. The summed E-state index contributed by atoms with van der Waals surface area (Å²) in [5, 5.41) is 0. The highest BCUT2D eigenvalue weighted by molar-refractivity contribution is 5.91. The summed E-state index contributed by atoms with van der Waals surface area (Å²) in [7, 11) is 0. The Labute approximate surface area is 115 Å². The van der Waals surface area contributed by atoms with E-state index in [0.29, 0.717) is 18.9 Å². The Balaban J connectivity index is 4.55. The minimum atomic E-state index is -5.80. The summed E-state index contributed by atoms with van der Waals surface area (Å²) in [5.41, 5.74) is 0. The van der Waals surface area contributed by atoms with Gasteiger partial charge < -0.3 is 9.47 Å². The van der Waals surface area contributed by atoms with Crippen LogP contribution in [0.25, 0.3) is 0 Å². The van der Waals surface area contributed by atoms with Gasteiger partial charge in [0.2, 0.25) is 0 Å². The molecule has 0 aromatic rings. The molecule has 0 rings (SSSR count). The highest BCUT2D eigenvalue weighted by Crippen LogP contribution is 2.35. The smallest absolute Gasteiger partial charge is 0.434 e. The van der Waals surface area contributed by atoms with Crippen LogP contribution in [0.15, 0.2) is 12.2 Å². The second-order valence-electron chi connectivity index (χ2n) is 3.75. The van der Waals surface area contributed by atoms with Gasteiger partial charge >= 0.3 is 24.3 Å². The van der Waals surface area contributed by atoms with Crippen molar-refractivity contribution in [1.29, 1.82) is 0 Å². The summed E-state index contributed by atoms with van der Waals surface area (Å²) in [6.45, 7) is 1.82. The van der Waals surface area contributed by atoms with Crippen LogP contribution >= 0.6 is 0 Å². The number of ether oxygens (including phenoxy) is 2. The van der Waals surface area contributed by atoms with Crippen LogP contribution in [0.5, 0.6) is 0 Å². The highest BCUT2D eigenvalue weighted by Gasteiger charge is 2.59. The fourth-order valence-electron chi connectivity index (χ4n) is 0.976. The zero-order valence-corrected chi connectivity index (χ0v) is 10.8. The first-order chi connectivity index (χ1) is 9.48. The Morgan fingerprint density at radius 1 is 1.00 bits per heavy atom. The molecule has 0 saturated carbocycles. The third kappa shape index (κ3) is 8.20. The summed E-state index contributed by atoms with van der Waals surface area (Å²) in [6, 6.07) is 0. The Morgan fingerprint density at radius 3 is 1.90 bits per heavy atom. The fourth-order valence-corrected chi connectivity index (χ4v) is 0.976. The van der Waals surface area contributed by atoms with Gasteiger partial charge in [0, 0.05) is 12.2 Å². The van der Waals surface area contributed by atoms with E-state index in [1.165, 1.54) is 0 Å². The number of hydrogen-bond acceptors (Lipinski definition) is 4. The molecule has 0 fully saturated rings. The van der Waals surface area contributed by atoms with Gasteiger partial charge in [0.05, 0.1) is 6.61 Å². The standard InChI is InChI=1S/C11H12F6O4/c1-2-3-6-20-7(18)4-5-8(19)21-9(10(12,13)14)11(15,16)17/h4-5,9H,2-3,6H2,1H3/b5-4+. The quantitative estimate of drug-likeness (QED) is 0.326. The van der Waals surface area contributed by atoms with Crippen molar-refractivity contribution in [3.8, 4) is 0 Å². The maximum atomic E-state index is 12.1. The molecule has 4 nitrogen and oxygen atoms in total. The molecule has 21 heavy (non-hydrogen) atoms. The molecular formula is C11H12F6O4. The first kappa shape index (κ1) is 19.3. The topological polar surface area (TPSA) is 52.6 Å². The van der Waals surface area contributed by atoms with Gasteiger partial charge in [-0.15, -0.1) is 0 Å². The van der Waals surface area contributed by atoms with Crippen LogP contribution in [0.2, 0.25) is 0 Å². The molecule has 0 aromatic heterocycles. The average Bonchev–Trinajstić information content (AvgIpc) is 2.31. The lowest BCUT2D eigenvalue weighted by atomic mass is 10.3. The van der Waals surface area contributed by atoms with Crippen LogP contribution in [-0.4, -0.2) is 37.0 Å². The van der Waals surface area contributed by atoms with Crippen molar-refractivity contribution >= 4 is 11.9 Å². The Kier molecular flexibility index (Phi) is 7.23. The monoisotopic (exact) mass is 322 g/mol. The second kappa shape index (κ2) is 7.89. The molecule has 0 atom stereocenters. The van der Waals surface area contributed by atoms with Crippen molar-refractivity contribution in [2.24, 2.45) is 0 Å². The molecule has 10 heteroatoms. The Morgan fingerprint density at radius 2 is 1.48 bits per heavy atom. The summed E-state index contributed by atoms with van der Waals surface area (Å²) >= 11 is 0. The largest absolute Gasteiger partial charge is 0.463 e. The van der Waals surface area contributed by atoms with E-state index >= 15 is 0 Å². The van der Waals surface area contributed by atoms with Crippen LogP contribution in [-0.2, 0) is 19.1 Å². The minimum Gasteiger partial charge on any atom is -0.463 e. The molecule has 0 amide bonds. The van der Waals surface area contributed by atoms with E-state index < -0.39 is 30.4 Å². The van der Waals surface area contributed by atoms with Crippen molar-refractivity contribution in [1.82, 2.24) is 0 Å². The molecule has 122 valence electrons. The lowest BCUT2D eigenvalue weighted by Crippen LogP contribution is -2.45. The summed E-state index contributed by atoms with van der Waals surface area (Å²) < 4.78 is 80.2. The summed E-state index contributed by atoms with van der Waals surface area (Å²) in [4.78, 5) is 21.8. The Bertz CT molecular complexity index is 371. The third-order valence-corrected chi connectivity index (χ3v) is 1.93. The first-order valence-corrected chi connectivity index (χ1v) is 5.67. The molecular weight excluding hydrogens is 310 g/mol. The lowest BCUT2D eigenvalue weighted by Gasteiger charge is -2.22. The molecule has 0 spiro atoms. The van der Waals surface area contributed by atoms with Gasteiger partial charge in [0.1, 0.15) is 0 Å². The van der Waals surface area contributed by atoms with Crippen molar-refractivity contribution in [3.63, 3.8) is 0 Å². The number of hydrogen-bond donors (Lipinski definition) is 0. The molecule has 0 aliphatic carbocycles. The molecule has 0 aliphatic rings. The zero-order valence-electron chi connectivity index (χ0n) is 10.8. The van der Waals surface area contributed by atoms with Gasteiger partial charge in [0.25, 0.3) is 6.10 Å². The normalized spacial score (nSPS) is 12.8. The van der Waals surface area contributed by atoms with Crippen molar-refractivity contribution in [3.05, 3.63) is 12.2 Å². The van der Waals surface area contributed by atoms with E-state index in [-0.39, 0.29) is 12.7 Å². The zero-order chi connectivity index (χ0) is 16.7. The van der Waals surface area contributed by atoms with Gasteiger partial charge in [-0.2, -0.15) is 26.3 Å². The minimum absolute atomic E-state index is 0.0163. The third-order valence-electron chi connectivity index (χ3n) is 1.93. The number of carbonyl (C=O) groups excluding carboxylic acids is 2. The Hall–Kier alpha value is -1.74. The molecule has 0 N–H and O–H groups in total. The predicted octanol–water partition coefficient (Wildman–Crippen LogP) is 2.92. The molecule has 0 heterocycles. The van der Waals surface area contributed by atoms with E-state index in [2.05, 4.69) is 9.47 Å². The number of alkyl halides is 6. The highest BCUT2D eigenvalue weighted by atomic mass is 19.4. The van der Waals surface area contributed by atoms with E-state index in [9.17, 15) is 35.9 Å². The van der Waals surface area contributed by atoms with Crippen LogP contribution in [0.4, 0.5) is 26.3 Å². The number of unbranched alkanes of at least 4 members (excludes halogenated alkanes) is 1. The maximum absolute atomic E-state index is 12.1. The predicted molar refractivity (Wildman–Crippen MR) is 57.0 cm³/mol. The van der Waals surface area contributed by atoms with E-state index in [1.54, 1.807) is 6.92 Å². The number of rotatable bonds is 6. The van der Waals surface area contributed by atoms with Crippen molar-refractivity contribution < 1.29 is 45.4 Å². The van der Waals surface area contributed by atoms with Crippen LogP contribution in [0.3, 0.4) is 0 Å². The lowest BCUT2D eigenvalue weighted by molar-refractivity contribution is -0.312. The van der Waals surface area contributed by atoms with Crippen LogP contribution < -0.4 is 0 Å². The van der Waals surface area contributed by atoms with E-state index in [4.69, 9.17) is 0 Å². The van der Waals surface area contributed by atoms with Gasteiger partial charge in [-0.25, -0.2) is 9.59 Å². The van der Waals surface area contributed by atoms with Gasteiger partial charge in [-0.05, 0) is 6.42 Å². The van der Waals surface area contributed by atoms with E-state index in [1.807, 2.05) is 0 Å². The molecule has 0 unspecified atom stereocenters. The molecule has 0 aliphatic heterocycles. The first-order valence-electron chi connectivity index (χ1n) is 5.67. The van der Waals surface area contributed by atoms with E-state index in [0.717, 1.165) is 0 Å². The molecule has 0 bridgehead atoms. The maximum Gasteiger partial charge on any atom is 0.434 e. The summed E-state index contributed by atoms with van der Waals surface area (Å²) in [5.74, 6) is -3.03. The summed E-state index contributed by atoms with van der Waals surface area (Å²) in [6.07, 6.45) is -14.1. The second-order valence-corrected chi connectivity index (χ2v) is 3.75. The van der Waals surface area contributed by atoms with Crippen molar-refractivity contribution in [2.75, 3.05) is 6.61 Å². The molecule has 0 radical (unpaired) electrons. The SMILES string of the molecule is CCCCOC(=O)/C=C/C(=O)OC(C(F)(F)F)C(F)(F)F. The molecule has 0 aromatic carbocycles. The van der Waals surface area contributed by atoms with Crippen LogP contribution in [0, 0.1) is 0 Å². The van der Waals surface area contributed by atoms with Gasteiger partial charge in [0.15, 0.2) is 0 Å². The average molecular weight is 322 g/mol. The van der Waals surface area contributed by atoms with Gasteiger partial charge in [-0.3, -0.25) is 0 Å². The van der Waals surface area contributed by atoms with Crippen molar-refractivity contribution in [2.45, 2.75) is 38.2 Å². The number of halogens is 6. The molecule has 0 saturated heterocycles. The van der Waals surface area contributed by atoms with Gasteiger partial charge in [-0.1, -0.05) is 13.3 Å². The van der Waals surface area contributed by atoms with Crippen LogP contribution in [0.1, 0.15) is 19.8 Å². The fraction of sp³-hybridized carbons (Fsp3) is 0.636.